The highest BCUT2D eigenvalue weighted by Crippen LogP contribution is 2.39. The third-order valence-electron chi connectivity index (χ3n) is 5.90. The fourth-order valence-electron chi connectivity index (χ4n) is 4.26. The van der Waals surface area contributed by atoms with Gasteiger partial charge in [-0.15, -0.1) is 0 Å². The quantitative estimate of drug-likeness (QED) is 0.419. The van der Waals surface area contributed by atoms with Gasteiger partial charge < -0.3 is 19.6 Å². The zero-order valence-electron chi connectivity index (χ0n) is 17.2. The molecule has 4 rings (SSSR count). The fraction of sp³-hybridized carbons (Fsp3) is 0.333. The summed E-state index contributed by atoms with van der Waals surface area (Å²) >= 11 is 0. The number of rotatable bonds is 6. The van der Waals surface area contributed by atoms with Gasteiger partial charge in [-0.1, -0.05) is 42.5 Å². The highest BCUT2D eigenvalue weighted by molar-refractivity contribution is 6.46. The van der Waals surface area contributed by atoms with Gasteiger partial charge in [0.05, 0.1) is 31.4 Å². The molecule has 2 aromatic rings. The van der Waals surface area contributed by atoms with Crippen LogP contribution in [-0.2, 0) is 14.3 Å². The van der Waals surface area contributed by atoms with Crippen LogP contribution in [0.1, 0.15) is 23.6 Å². The number of carbonyl (C=O) groups excluding carboxylic acids is 2. The molecule has 2 N–H and O–H groups in total. The van der Waals surface area contributed by atoms with E-state index in [0.29, 0.717) is 24.1 Å². The molecule has 2 aliphatic rings. The lowest BCUT2D eigenvalue weighted by molar-refractivity contribution is -0.908. The first kappa shape index (κ1) is 21.2. The summed E-state index contributed by atoms with van der Waals surface area (Å²) in [7, 11) is 0. The maximum absolute atomic E-state index is 13.5. The Bertz CT molecular complexity index is 969. The van der Waals surface area contributed by atoms with Crippen molar-refractivity contribution < 1.29 is 28.7 Å². The Morgan fingerprint density at radius 3 is 2.42 bits per heavy atom. The van der Waals surface area contributed by atoms with Crippen molar-refractivity contribution in [2.75, 3.05) is 39.4 Å². The van der Waals surface area contributed by atoms with Gasteiger partial charge in [-0.2, -0.15) is 0 Å². The van der Waals surface area contributed by atoms with Crippen LogP contribution in [0.2, 0.25) is 0 Å². The Morgan fingerprint density at radius 2 is 1.74 bits per heavy atom. The lowest BCUT2D eigenvalue weighted by Gasteiger charge is -2.27. The van der Waals surface area contributed by atoms with Crippen LogP contribution in [0.25, 0.3) is 5.76 Å². The summed E-state index contributed by atoms with van der Waals surface area (Å²) in [5.74, 6) is -1.97. The summed E-state index contributed by atoms with van der Waals surface area (Å²) in [5, 5.41) is 10.9. The number of morpholine rings is 1. The zero-order valence-corrected chi connectivity index (χ0v) is 17.2. The molecular weight excluding hydrogens is 399 g/mol. The van der Waals surface area contributed by atoms with E-state index in [1.807, 2.05) is 0 Å². The number of halogens is 1. The minimum absolute atomic E-state index is 0.0431. The summed E-state index contributed by atoms with van der Waals surface area (Å²) in [4.78, 5) is 28.8. The smallest absolute Gasteiger partial charge is 0.295 e. The third-order valence-corrected chi connectivity index (χ3v) is 5.90. The molecule has 1 unspecified atom stereocenters. The first-order chi connectivity index (χ1) is 15.1. The highest BCUT2D eigenvalue weighted by Gasteiger charge is 2.45. The molecular formula is C24H26FN2O4+. The van der Waals surface area contributed by atoms with Gasteiger partial charge in [0, 0.05) is 18.5 Å². The van der Waals surface area contributed by atoms with Crippen molar-refractivity contribution in [3.63, 3.8) is 0 Å². The first-order valence-electron chi connectivity index (χ1n) is 10.6. The molecule has 0 radical (unpaired) electrons. The van der Waals surface area contributed by atoms with E-state index < -0.39 is 23.5 Å². The average molecular weight is 425 g/mol. The molecule has 2 fully saturated rings. The molecule has 2 saturated heterocycles. The number of likely N-dealkylation sites (tertiary alicyclic amines) is 1. The molecule has 0 aliphatic carbocycles. The Morgan fingerprint density at radius 1 is 1.06 bits per heavy atom. The Balaban J connectivity index is 1.65. The van der Waals surface area contributed by atoms with Crippen LogP contribution >= 0.6 is 0 Å². The van der Waals surface area contributed by atoms with Crippen LogP contribution in [0.15, 0.2) is 60.2 Å². The van der Waals surface area contributed by atoms with Gasteiger partial charge in [0.15, 0.2) is 0 Å². The largest absolute Gasteiger partial charge is 0.507 e. The van der Waals surface area contributed by atoms with Gasteiger partial charge in [-0.25, -0.2) is 4.39 Å². The van der Waals surface area contributed by atoms with Crippen molar-refractivity contribution in [3.8, 4) is 0 Å². The second-order valence-corrected chi connectivity index (χ2v) is 7.88. The minimum Gasteiger partial charge on any atom is -0.507 e. The number of Topliss-reactive ketones (excluding diaryl/α,β-unsaturated/α-hetero) is 1. The van der Waals surface area contributed by atoms with Crippen LogP contribution < -0.4 is 4.90 Å². The third kappa shape index (κ3) is 4.52. The molecule has 2 aliphatic heterocycles. The monoisotopic (exact) mass is 425 g/mol. The van der Waals surface area contributed by atoms with Crippen molar-refractivity contribution in [3.05, 3.63) is 77.1 Å². The van der Waals surface area contributed by atoms with Crippen LogP contribution in [0.5, 0.6) is 0 Å². The van der Waals surface area contributed by atoms with Crippen LogP contribution in [-0.4, -0.2) is 61.1 Å². The SMILES string of the molecule is O=C1C(=O)N(CCC[NH+]2CCOCC2)C(c2ccc(F)cc2)C1=C(O)c1ccccc1. The topological polar surface area (TPSA) is 71.3 Å². The van der Waals surface area contributed by atoms with Crippen molar-refractivity contribution in [2.24, 2.45) is 0 Å². The van der Waals surface area contributed by atoms with Crippen molar-refractivity contribution in [1.82, 2.24) is 4.90 Å². The van der Waals surface area contributed by atoms with Crippen molar-refractivity contribution in [2.45, 2.75) is 12.5 Å². The normalized spacial score (nSPS) is 21.6. The lowest BCUT2D eigenvalue weighted by Crippen LogP contribution is -3.14. The number of aliphatic hydroxyl groups excluding tert-OH is 1. The number of nitrogens with zero attached hydrogens (tertiary/aromatic N) is 1. The first-order valence-corrected chi connectivity index (χ1v) is 10.6. The molecule has 0 saturated carbocycles. The van der Waals surface area contributed by atoms with E-state index >= 15 is 0 Å². The number of benzene rings is 2. The number of ether oxygens (including phenoxy) is 1. The average Bonchev–Trinajstić information content (AvgIpc) is 3.05. The molecule has 31 heavy (non-hydrogen) atoms. The molecule has 0 aromatic heterocycles. The van der Waals surface area contributed by atoms with Crippen LogP contribution in [0.4, 0.5) is 4.39 Å². The maximum atomic E-state index is 13.5. The molecule has 2 heterocycles. The maximum Gasteiger partial charge on any atom is 0.295 e. The van der Waals surface area contributed by atoms with Crippen molar-refractivity contribution >= 4 is 17.4 Å². The van der Waals surface area contributed by atoms with E-state index in [0.717, 1.165) is 32.8 Å². The number of amides is 1. The molecule has 0 spiro atoms. The Hall–Kier alpha value is -3.03. The molecule has 162 valence electrons. The van der Waals surface area contributed by atoms with Gasteiger partial charge in [0.25, 0.3) is 11.7 Å². The number of aliphatic hydroxyl groups is 1. The van der Waals surface area contributed by atoms with Crippen LogP contribution in [0, 0.1) is 5.82 Å². The highest BCUT2D eigenvalue weighted by atomic mass is 19.1. The van der Waals surface area contributed by atoms with Gasteiger partial charge in [-0.3, -0.25) is 9.59 Å². The molecule has 6 nitrogen and oxygen atoms in total. The van der Waals surface area contributed by atoms with Crippen LogP contribution in [0.3, 0.4) is 0 Å². The van der Waals surface area contributed by atoms with Gasteiger partial charge in [0.2, 0.25) is 0 Å². The molecule has 2 aromatic carbocycles. The summed E-state index contributed by atoms with van der Waals surface area (Å²) in [5.41, 5.74) is 1.10. The number of nitrogens with one attached hydrogen (secondary N) is 1. The van der Waals surface area contributed by atoms with Crippen molar-refractivity contribution in [1.29, 1.82) is 0 Å². The number of hydrogen-bond acceptors (Lipinski definition) is 4. The van der Waals surface area contributed by atoms with E-state index in [-0.39, 0.29) is 11.3 Å². The van der Waals surface area contributed by atoms with Gasteiger partial charge in [0.1, 0.15) is 24.7 Å². The Labute approximate surface area is 180 Å². The van der Waals surface area contributed by atoms with E-state index in [1.54, 1.807) is 42.5 Å². The fourth-order valence-corrected chi connectivity index (χ4v) is 4.26. The number of ketones is 1. The zero-order chi connectivity index (χ0) is 21.8. The predicted molar refractivity (Wildman–Crippen MR) is 113 cm³/mol. The standard InChI is InChI=1S/C24H25FN2O4/c25-19-9-7-17(8-10-19)21-20(22(28)18-5-2-1-3-6-18)23(29)24(30)27(21)12-4-11-26-13-15-31-16-14-26/h1-3,5-10,21,28H,4,11-16H2/p+1. The Kier molecular flexibility index (Phi) is 6.44. The molecule has 1 amide bonds. The van der Waals surface area contributed by atoms with E-state index in [2.05, 4.69) is 0 Å². The van der Waals surface area contributed by atoms with Gasteiger partial charge >= 0.3 is 0 Å². The van der Waals surface area contributed by atoms with E-state index in [9.17, 15) is 19.1 Å². The van der Waals surface area contributed by atoms with E-state index in [4.69, 9.17) is 4.74 Å². The molecule has 0 bridgehead atoms. The summed E-state index contributed by atoms with van der Waals surface area (Å²) < 4.78 is 18.9. The summed E-state index contributed by atoms with van der Waals surface area (Å²) in [6.45, 7) is 4.55. The number of quaternary nitrogens is 1. The molecule has 1 atom stereocenters. The lowest BCUT2D eigenvalue weighted by atomic mass is 9.95. The van der Waals surface area contributed by atoms with E-state index in [1.165, 1.54) is 21.9 Å². The minimum atomic E-state index is -0.750. The number of hydrogen-bond donors (Lipinski definition) is 2. The second kappa shape index (κ2) is 9.41. The predicted octanol–water partition coefficient (Wildman–Crippen LogP) is 1.55. The van der Waals surface area contributed by atoms with Gasteiger partial charge in [-0.05, 0) is 17.7 Å². The number of carbonyl (C=O) groups is 2. The summed E-state index contributed by atoms with van der Waals surface area (Å²) in [6, 6.07) is 13.7. The second-order valence-electron chi connectivity index (χ2n) is 7.88. The summed E-state index contributed by atoms with van der Waals surface area (Å²) in [6.07, 6.45) is 0.714. The molecule has 7 heteroatoms.